The van der Waals surface area contributed by atoms with Crippen LogP contribution in [0.15, 0.2) is 38.5 Å². The number of hydrogen-bond donors (Lipinski definition) is 0. The quantitative estimate of drug-likeness (QED) is 0.0955. The highest BCUT2D eigenvalue weighted by atomic mass is 32.2. The zero-order valence-electron chi connectivity index (χ0n) is 25.1. The molecule has 0 saturated heterocycles. The molecular formula is C30H49N3O6S. The van der Waals surface area contributed by atoms with Crippen molar-refractivity contribution in [3.63, 3.8) is 0 Å². The van der Waals surface area contributed by atoms with Gasteiger partial charge < -0.3 is 4.52 Å². The third-order valence-corrected chi connectivity index (χ3v) is 9.13. The number of nitro benzene ring substituents is 1. The maximum Gasteiger partial charge on any atom is 0.297 e. The van der Waals surface area contributed by atoms with Gasteiger partial charge in [0.2, 0.25) is 10.0 Å². The van der Waals surface area contributed by atoms with Crippen LogP contribution < -0.4 is 5.56 Å². The van der Waals surface area contributed by atoms with Gasteiger partial charge in [-0.15, -0.1) is 4.74 Å². The Labute approximate surface area is 240 Å². The van der Waals surface area contributed by atoms with Gasteiger partial charge in [-0.2, -0.15) is 0 Å². The highest BCUT2D eigenvalue weighted by Crippen LogP contribution is 2.29. The molecule has 2 aromatic rings. The van der Waals surface area contributed by atoms with E-state index in [-0.39, 0.29) is 10.6 Å². The van der Waals surface area contributed by atoms with Crippen LogP contribution in [-0.2, 0) is 15.4 Å². The average Bonchev–Trinajstić information content (AvgIpc) is 3.30. The zero-order chi connectivity index (χ0) is 29.8. The summed E-state index contributed by atoms with van der Waals surface area (Å²) in [6.07, 6.45) is 17.1. The molecule has 1 aromatic heterocycles. The molecule has 0 saturated carbocycles. The van der Waals surface area contributed by atoms with E-state index in [1.165, 1.54) is 93.8 Å². The molecular weight excluding hydrogens is 530 g/mol. The fraction of sp³-hybridized carbons (Fsp3) is 0.700. The van der Waals surface area contributed by atoms with Crippen LogP contribution in [0.2, 0.25) is 0 Å². The third kappa shape index (κ3) is 10.2. The molecule has 0 N–H and O–H groups in total. The van der Waals surface area contributed by atoms with Crippen molar-refractivity contribution in [2.24, 2.45) is 0 Å². The molecule has 9 nitrogen and oxygen atoms in total. The summed E-state index contributed by atoms with van der Waals surface area (Å²) in [6, 6.07) is 4.82. The number of sulfonamides is 1. The Kier molecular flexibility index (Phi) is 13.6. The summed E-state index contributed by atoms with van der Waals surface area (Å²) in [5, 5.41) is 11.8. The van der Waals surface area contributed by atoms with Crippen LogP contribution in [0.25, 0.3) is 5.69 Å². The Morgan fingerprint density at radius 3 is 1.82 bits per heavy atom. The molecule has 0 aliphatic rings. The third-order valence-electron chi connectivity index (χ3n) is 7.28. The summed E-state index contributed by atoms with van der Waals surface area (Å²) >= 11 is 0. The van der Waals surface area contributed by atoms with E-state index in [4.69, 9.17) is 4.52 Å². The molecule has 0 aliphatic heterocycles. The first kappa shape index (κ1) is 33.7. The van der Waals surface area contributed by atoms with Crippen molar-refractivity contribution in [1.29, 1.82) is 0 Å². The van der Waals surface area contributed by atoms with Crippen LogP contribution in [-0.4, -0.2) is 36.0 Å². The SMILES string of the molecule is CCCCCCCCCCCCCCCCN(C)S(=O)(=O)c1ccc(-n2oc(C(C)(C)C)cc2=O)c([N+](=O)[O-])c1. The number of rotatable bonds is 19. The summed E-state index contributed by atoms with van der Waals surface area (Å²) in [6.45, 7) is 8.14. The van der Waals surface area contributed by atoms with Gasteiger partial charge in [-0.1, -0.05) is 111 Å². The van der Waals surface area contributed by atoms with E-state index >= 15 is 0 Å². The molecule has 0 amide bonds. The lowest BCUT2D eigenvalue weighted by molar-refractivity contribution is -0.385. The Morgan fingerprint density at radius 1 is 0.875 bits per heavy atom. The number of unbranched alkanes of at least 4 members (excludes halogenated alkanes) is 13. The van der Waals surface area contributed by atoms with E-state index in [9.17, 15) is 23.3 Å². The van der Waals surface area contributed by atoms with Gasteiger partial charge in [-0.25, -0.2) is 12.7 Å². The topological polar surface area (TPSA) is 116 Å². The van der Waals surface area contributed by atoms with E-state index in [0.29, 0.717) is 12.3 Å². The summed E-state index contributed by atoms with van der Waals surface area (Å²) < 4.78 is 33.9. The Morgan fingerprint density at radius 2 is 1.38 bits per heavy atom. The van der Waals surface area contributed by atoms with Gasteiger partial charge in [0, 0.05) is 31.1 Å². The van der Waals surface area contributed by atoms with Crippen LogP contribution in [0.3, 0.4) is 0 Å². The lowest BCUT2D eigenvalue weighted by Crippen LogP contribution is -2.28. The van der Waals surface area contributed by atoms with E-state index in [2.05, 4.69) is 6.92 Å². The molecule has 0 bridgehead atoms. The van der Waals surface area contributed by atoms with Crippen LogP contribution in [0, 0.1) is 10.1 Å². The molecule has 1 heterocycles. The van der Waals surface area contributed by atoms with Gasteiger partial charge in [0.15, 0.2) is 5.69 Å². The number of benzene rings is 1. The normalized spacial score (nSPS) is 12.3. The molecule has 40 heavy (non-hydrogen) atoms. The first-order valence-corrected chi connectivity index (χ1v) is 16.3. The van der Waals surface area contributed by atoms with Crippen LogP contribution in [0.1, 0.15) is 123 Å². The number of aromatic nitrogens is 1. The van der Waals surface area contributed by atoms with E-state index in [0.717, 1.165) is 36.5 Å². The van der Waals surface area contributed by atoms with Gasteiger partial charge in [0.05, 0.1) is 9.82 Å². The van der Waals surface area contributed by atoms with Gasteiger partial charge in [-0.05, 0) is 18.6 Å². The van der Waals surface area contributed by atoms with Crippen molar-refractivity contribution in [3.8, 4) is 5.69 Å². The summed E-state index contributed by atoms with van der Waals surface area (Å²) in [5.41, 5.74) is -1.65. The fourth-order valence-corrected chi connectivity index (χ4v) is 5.90. The van der Waals surface area contributed by atoms with Crippen LogP contribution in [0.5, 0.6) is 0 Å². The molecule has 0 fully saturated rings. The van der Waals surface area contributed by atoms with Crippen molar-refractivity contribution in [1.82, 2.24) is 9.05 Å². The van der Waals surface area contributed by atoms with Crippen LogP contribution >= 0.6 is 0 Å². The van der Waals surface area contributed by atoms with Crippen molar-refractivity contribution < 1.29 is 17.9 Å². The maximum absolute atomic E-state index is 13.1. The minimum absolute atomic E-state index is 0.112. The van der Waals surface area contributed by atoms with E-state index < -0.39 is 31.6 Å². The highest BCUT2D eigenvalue weighted by Gasteiger charge is 2.28. The van der Waals surface area contributed by atoms with Gasteiger partial charge in [-0.3, -0.25) is 14.9 Å². The summed E-state index contributed by atoms with van der Waals surface area (Å²) in [5.74, 6) is 0.372. The smallest absolute Gasteiger partial charge is 0.297 e. The Balaban J connectivity index is 1.85. The van der Waals surface area contributed by atoms with Crippen molar-refractivity contribution in [3.05, 3.63) is 50.5 Å². The summed E-state index contributed by atoms with van der Waals surface area (Å²) in [7, 11) is -2.44. The largest absolute Gasteiger partial charge is 0.375 e. The van der Waals surface area contributed by atoms with Gasteiger partial charge in [0.25, 0.3) is 11.2 Å². The first-order chi connectivity index (χ1) is 18.9. The van der Waals surface area contributed by atoms with E-state index in [1.807, 2.05) is 20.8 Å². The van der Waals surface area contributed by atoms with Gasteiger partial charge in [0.1, 0.15) is 5.76 Å². The molecule has 0 aliphatic carbocycles. The first-order valence-electron chi connectivity index (χ1n) is 14.9. The number of hydrogen-bond acceptors (Lipinski definition) is 6. The standard InChI is InChI=1S/C30H49N3O6S/c1-6-7-8-9-10-11-12-13-14-15-16-17-18-19-22-31(5)40(37,38)25-20-21-26(27(23-25)33(35)36)32-29(34)24-28(39-32)30(2,3)4/h20-21,23-24H,6-19,22H2,1-5H3. The summed E-state index contributed by atoms with van der Waals surface area (Å²) in [4.78, 5) is 23.4. The average molecular weight is 580 g/mol. The number of nitro groups is 1. The monoisotopic (exact) mass is 579 g/mol. The molecule has 0 unspecified atom stereocenters. The van der Waals surface area contributed by atoms with Crippen molar-refractivity contribution in [2.45, 2.75) is 128 Å². The second kappa shape index (κ2) is 16.1. The minimum Gasteiger partial charge on any atom is -0.375 e. The lowest BCUT2D eigenvalue weighted by Gasteiger charge is -2.17. The minimum atomic E-state index is -3.93. The van der Waals surface area contributed by atoms with Crippen molar-refractivity contribution in [2.75, 3.05) is 13.6 Å². The fourth-order valence-electron chi connectivity index (χ4n) is 4.67. The highest BCUT2D eigenvalue weighted by molar-refractivity contribution is 7.89. The molecule has 0 spiro atoms. The second-order valence-electron chi connectivity index (χ2n) is 11.8. The molecule has 0 atom stereocenters. The van der Waals surface area contributed by atoms with Crippen molar-refractivity contribution >= 4 is 15.7 Å². The maximum atomic E-state index is 13.1. The molecule has 0 radical (unpaired) electrons. The van der Waals surface area contributed by atoms with E-state index in [1.54, 1.807) is 0 Å². The Bertz CT molecular complexity index is 1230. The molecule has 10 heteroatoms. The molecule has 226 valence electrons. The zero-order valence-corrected chi connectivity index (χ0v) is 25.9. The molecule has 1 aromatic carbocycles. The van der Waals surface area contributed by atoms with Crippen LogP contribution in [0.4, 0.5) is 5.69 Å². The predicted octanol–water partition coefficient (Wildman–Crippen LogP) is 7.74. The predicted molar refractivity (Wildman–Crippen MR) is 160 cm³/mol. The Hall–Kier alpha value is -2.46. The lowest BCUT2D eigenvalue weighted by atomic mass is 9.94. The molecule has 2 rings (SSSR count). The second-order valence-corrected chi connectivity index (χ2v) is 13.9. The number of nitrogens with zero attached hydrogens (tertiary/aromatic N) is 3. The van der Waals surface area contributed by atoms with Gasteiger partial charge >= 0.3 is 0 Å².